The first-order valence-corrected chi connectivity index (χ1v) is 10.5. The van der Waals surface area contributed by atoms with Crippen molar-refractivity contribution < 1.29 is 19.4 Å². The van der Waals surface area contributed by atoms with Crippen LogP contribution in [-0.4, -0.2) is 53.7 Å². The van der Waals surface area contributed by atoms with Crippen LogP contribution in [0.4, 0.5) is 0 Å². The number of carbonyl (C=O) groups is 2. The molecule has 1 aromatic carbocycles. The van der Waals surface area contributed by atoms with Crippen molar-refractivity contribution in [2.75, 3.05) is 19.7 Å². The van der Waals surface area contributed by atoms with E-state index in [-0.39, 0.29) is 35.6 Å². The Balaban J connectivity index is 1.71. The van der Waals surface area contributed by atoms with E-state index in [0.717, 1.165) is 45.2 Å². The van der Waals surface area contributed by atoms with Crippen molar-refractivity contribution in [1.29, 1.82) is 0 Å². The topological polar surface area (TPSA) is 78.9 Å². The fourth-order valence-electron chi connectivity index (χ4n) is 4.30. The molecule has 1 aliphatic carbocycles. The average molecular weight is 389 g/mol. The lowest BCUT2D eigenvalue weighted by molar-refractivity contribution is -0.137. The quantitative estimate of drug-likeness (QED) is 0.785. The highest BCUT2D eigenvalue weighted by molar-refractivity contribution is 5.96. The highest BCUT2D eigenvalue weighted by Crippen LogP contribution is 2.30. The minimum Gasteiger partial charge on any atom is -0.508 e. The number of rotatable bonds is 6. The summed E-state index contributed by atoms with van der Waals surface area (Å²) in [7, 11) is 0. The van der Waals surface area contributed by atoms with Gasteiger partial charge in [-0.1, -0.05) is 13.0 Å². The number of ether oxygens (including phenoxy) is 1. The molecule has 154 valence electrons. The second-order valence-corrected chi connectivity index (χ2v) is 7.98. The van der Waals surface area contributed by atoms with E-state index in [9.17, 15) is 14.7 Å². The van der Waals surface area contributed by atoms with Crippen molar-refractivity contribution in [2.45, 2.75) is 64.5 Å². The molecule has 2 fully saturated rings. The number of hydrogen-bond donors (Lipinski definition) is 2. The Morgan fingerprint density at radius 3 is 2.71 bits per heavy atom. The largest absolute Gasteiger partial charge is 0.508 e. The number of nitrogens with one attached hydrogen (secondary N) is 1. The van der Waals surface area contributed by atoms with E-state index < -0.39 is 0 Å². The van der Waals surface area contributed by atoms with Crippen molar-refractivity contribution in [2.24, 2.45) is 5.92 Å². The van der Waals surface area contributed by atoms with Gasteiger partial charge in [-0.2, -0.15) is 0 Å². The number of benzene rings is 1. The summed E-state index contributed by atoms with van der Waals surface area (Å²) in [6.07, 6.45) is 5.18. The van der Waals surface area contributed by atoms with Gasteiger partial charge in [0.25, 0.3) is 5.91 Å². The number of nitrogens with zero attached hydrogens (tertiary/aromatic N) is 1. The van der Waals surface area contributed by atoms with E-state index in [1.807, 2.05) is 4.90 Å². The molecule has 1 saturated carbocycles. The van der Waals surface area contributed by atoms with E-state index in [2.05, 4.69) is 12.2 Å². The average Bonchev–Trinajstić information content (AvgIpc) is 3.23. The molecule has 0 spiro atoms. The zero-order valence-electron chi connectivity index (χ0n) is 16.9. The predicted molar refractivity (Wildman–Crippen MR) is 107 cm³/mol. The number of phenols is 1. The first-order valence-electron chi connectivity index (χ1n) is 10.5. The lowest BCUT2D eigenvalue weighted by Crippen LogP contribution is -2.51. The number of hydrogen-bond acceptors (Lipinski definition) is 4. The summed E-state index contributed by atoms with van der Waals surface area (Å²) in [4.78, 5) is 27.7. The summed E-state index contributed by atoms with van der Waals surface area (Å²) in [5.74, 6) is 0.0457. The molecule has 0 bridgehead atoms. The molecule has 1 heterocycles. The molecule has 3 rings (SSSR count). The molecule has 1 aromatic rings. The fraction of sp³-hybridized carbons (Fsp3) is 0.636. The Bertz CT molecular complexity index is 700. The summed E-state index contributed by atoms with van der Waals surface area (Å²) in [5.41, 5.74) is 1.02. The summed E-state index contributed by atoms with van der Waals surface area (Å²) in [5, 5.41) is 13.0. The standard InChI is InChI=1S/C22H32N2O4/c1-3-13-28-20-10-9-16(22(27)24-11-4-5-12-24)14-18(20)23-21(26)17-7-6-8-19(25)15(17)2/h6-8,16,18,20,25H,3-5,9-14H2,1-2H3,(H,23,26)/t16-,18+,20+/m0/s1. The Morgan fingerprint density at radius 1 is 1.25 bits per heavy atom. The van der Waals surface area contributed by atoms with Crippen LogP contribution in [0.5, 0.6) is 5.75 Å². The van der Waals surface area contributed by atoms with E-state index in [1.54, 1.807) is 25.1 Å². The second-order valence-electron chi connectivity index (χ2n) is 7.98. The van der Waals surface area contributed by atoms with Crippen molar-refractivity contribution in [3.05, 3.63) is 29.3 Å². The van der Waals surface area contributed by atoms with Crippen molar-refractivity contribution in [1.82, 2.24) is 10.2 Å². The molecular formula is C22H32N2O4. The maximum Gasteiger partial charge on any atom is 0.251 e. The van der Waals surface area contributed by atoms with Gasteiger partial charge < -0.3 is 20.1 Å². The van der Waals surface area contributed by atoms with Crippen LogP contribution >= 0.6 is 0 Å². The van der Waals surface area contributed by atoms with Gasteiger partial charge in [0.1, 0.15) is 5.75 Å². The van der Waals surface area contributed by atoms with E-state index >= 15 is 0 Å². The molecule has 28 heavy (non-hydrogen) atoms. The van der Waals surface area contributed by atoms with Gasteiger partial charge in [0.2, 0.25) is 5.91 Å². The van der Waals surface area contributed by atoms with E-state index in [1.165, 1.54) is 0 Å². The third-order valence-corrected chi connectivity index (χ3v) is 5.96. The van der Waals surface area contributed by atoms with Crippen molar-refractivity contribution in [3.8, 4) is 5.75 Å². The van der Waals surface area contributed by atoms with E-state index in [4.69, 9.17) is 4.74 Å². The lowest BCUT2D eigenvalue weighted by Gasteiger charge is -2.37. The molecule has 6 heteroatoms. The first-order chi connectivity index (χ1) is 13.5. The number of carbonyl (C=O) groups excluding carboxylic acids is 2. The van der Waals surface area contributed by atoms with Gasteiger partial charge in [-0.25, -0.2) is 0 Å². The molecular weight excluding hydrogens is 356 g/mol. The van der Waals surface area contributed by atoms with Crippen LogP contribution in [0.25, 0.3) is 0 Å². The van der Waals surface area contributed by atoms with Gasteiger partial charge in [-0.05, 0) is 57.6 Å². The van der Waals surface area contributed by atoms with Crippen LogP contribution in [0.3, 0.4) is 0 Å². The fourth-order valence-corrected chi connectivity index (χ4v) is 4.30. The number of aromatic hydroxyl groups is 1. The van der Waals surface area contributed by atoms with Crippen LogP contribution in [-0.2, 0) is 9.53 Å². The molecule has 2 aliphatic rings. The van der Waals surface area contributed by atoms with Crippen LogP contribution < -0.4 is 5.32 Å². The Hall–Kier alpha value is -2.08. The third-order valence-electron chi connectivity index (χ3n) is 5.96. The number of phenolic OH excluding ortho intramolecular Hbond substituents is 1. The molecule has 6 nitrogen and oxygen atoms in total. The second kappa shape index (κ2) is 9.41. The van der Waals surface area contributed by atoms with Crippen molar-refractivity contribution >= 4 is 11.8 Å². The van der Waals surface area contributed by atoms with Gasteiger partial charge >= 0.3 is 0 Å². The number of amides is 2. The summed E-state index contributed by atoms with van der Waals surface area (Å²) < 4.78 is 6.00. The maximum atomic E-state index is 12.9. The van der Waals surface area contributed by atoms with Crippen LogP contribution in [0.15, 0.2) is 18.2 Å². The van der Waals surface area contributed by atoms with Gasteiger partial charge in [0.05, 0.1) is 12.1 Å². The monoisotopic (exact) mass is 388 g/mol. The summed E-state index contributed by atoms with van der Waals surface area (Å²) in [6, 6.07) is 4.75. The molecule has 0 unspecified atom stereocenters. The Labute approximate surface area is 167 Å². The molecule has 2 N–H and O–H groups in total. The summed E-state index contributed by atoms with van der Waals surface area (Å²) in [6.45, 7) is 6.14. The Morgan fingerprint density at radius 2 is 2.00 bits per heavy atom. The molecule has 0 aromatic heterocycles. The Kier molecular flexibility index (Phi) is 6.94. The lowest BCUT2D eigenvalue weighted by atomic mass is 9.82. The smallest absolute Gasteiger partial charge is 0.251 e. The molecule has 3 atom stereocenters. The summed E-state index contributed by atoms with van der Waals surface area (Å²) >= 11 is 0. The van der Waals surface area contributed by atoms with E-state index in [0.29, 0.717) is 24.2 Å². The zero-order valence-corrected chi connectivity index (χ0v) is 16.9. The van der Waals surface area contributed by atoms with Gasteiger partial charge in [0, 0.05) is 36.7 Å². The van der Waals surface area contributed by atoms with Gasteiger partial charge in [0.15, 0.2) is 0 Å². The molecule has 2 amide bonds. The zero-order chi connectivity index (χ0) is 20.1. The number of likely N-dealkylation sites (tertiary alicyclic amines) is 1. The van der Waals surface area contributed by atoms with Gasteiger partial charge in [-0.15, -0.1) is 0 Å². The third kappa shape index (κ3) is 4.66. The minimum absolute atomic E-state index is 0.0600. The minimum atomic E-state index is -0.224. The normalized spacial score (nSPS) is 24.9. The highest BCUT2D eigenvalue weighted by atomic mass is 16.5. The molecule has 0 radical (unpaired) electrons. The SMILES string of the molecule is CCCO[C@@H]1CC[C@H](C(=O)N2CCCC2)C[C@H]1NC(=O)c1cccc(O)c1C. The van der Waals surface area contributed by atoms with Crippen LogP contribution in [0, 0.1) is 12.8 Å². The highest BCUT2D eigenvalue weighted by Gasteiger charge is 2.37. The van der Waals surface area contributed by atoms with Crippen LogP contribution in [0.2, 0.25) is 0 Å². The van der Waals surface area contributed by atoms with Crippen molar-refractivity contribution in [3.63, 3.8) is 0 Å². The van der Waals surface area contributed by atoms with Crippen LogP contribution in [0.1, 0.15) is 61.4 Å². The molecule has 1 aliphatic heterocycles. The molecule has 1 saturated heterocycles. The van der Waals surface area contributed by atoms with Gasteiger partial charge in [-0.3, -0.25) is 9.59 Å². The maximum absolute atomic E-state index is 12.9. The first kappa shape index (κ1) is 20.6. The predicted octanol–water partition coefficient (Wildman–Crippen LogP) is 3.02.